The van der Waals surface area contributed by atoms with Crippen molar-refractivity contribution in [3.8, 4) is 0 Å². The average Bonchev–Trinajstić information content (AvgIpc) is 2.70. The Morgan fingerprint density at radius 3 is 2.69 bits per heavy atom. The number of aliphatic imine (C=N–C) groups is 1. The summed E-state index contributed by atoms with van der Waals surface area (Å²) in [5, 5.41) is 6.74. The van der Waals surface area contributed by atoms with Crippen LogP contribution in [0.4, 0.5) is 5.69 Å². The van der Waals surface area contributed by atoms with Crippen molar-refractivity contribution in [2.75, 3.05) is 58.5 Å². The molecule has 0 saturated carbocycles. The second kappa shape index (κ2) is 14.8. The summed E-state index contributed by atoms with van der Waals surface area (Å²) in [6.45, 7) is 9.98. The highest BCUT2D eigenvalue weighted by Crippen LogP contribution is 2.21. The topological polar surface area (TPSA) is 58.1 Å². The molecule has 7 heteroatoms. The van der Waals surface area contributed by atoms with Crippen molar-refractivity contribution >= 4 is 35.6 Å². The van der Waals surface area contributed by atoms with Crippen LogP contribution in [0.1, 0.15) is 37.3 Å². The Labute approximate surface area is 193 Å². The molecule has 0 radical (unpaired) electrons. The van der Waals surface area contributed by atoms with E-state index in [1.165, 1.54) is 16.8 Å². The van der Waals surface area contributed by atoms with E-state index < -0.39 is 0 Å². The molecule has 0 atom stereocenters. The first kappa shape index (κ1) is 26.0. The fraction of sp³-hybridized carbons (Fsp3) is 0.682. The Kier molecular flexibility index (Phi) is 13.3. The van der Waals surface area contributed by atoms with Gasteiger partial charge < -0.3 is 25.0 Å². The van der Waals surface area contributed by atoms with Crippen molar-refractivity contribution in [3.63, 3.8) is 0 Å². The van der Waals surface area contributed by atoms with Crippen molar-refractivity contribution in [1.82, 2.24) is 10.6 Å². The number of ether oxygens (including phenoxy) is 2. The molecule has 1 aromatic rings. The fourth-order valence-electron chi connectivity index (χ4n) is 3.27. The molecule has 0 amide bonds. The SMILES string of the molecule is CCNC(=NCc1ccc(C)cc1N(C)C)NCCCOCC1CCOCC1.I. The van der Waals surface area contributed by atoms with Gasteiger partial charge in [-0.05, 0) is 56.2 Å². The quantitative estimate of drug-likeness (QED) is 0.215. The third-order valence-corrected chi connectivity index (χ3v) is 4.93. The van der Waals surface area contributed by atoms with Crippen LogP contribution in [0, 0.1) is 12.8 Å². The van der Waals surface area contributed by atoms with Gasteiger partial charge in [0.25, 0.3) is 0 Å². The van der Waals surface area contributed by atoms with Crippen molar-refractivity contribution in [3.05, 3.63) is 29.3 Å². The molecule has 1 heterocycles. The van der Waals surface area contributed by atoms with Crippen LogP contribution in [0.2, 0.25) is 0 Å². The summed E-state index contributed by atoms with van der Waals surface area (Å²) in [6, 6.07) is 6.52. The third kappa shape index (κ3) is 10.00. The minimum Gasteiger partial charge on any atom is -0.381 e. The molecule has 2 N–H and O–H groups in total. The Morgan fingerprint density at radius 2 is 2.00 bits per heavy atom. The largest absolute Gasteiger partial charge is 0.381 e. The van der Waals surface area contributed by atoms with Crippen LogP contribution in [0.25, 0.3) is 0 Å². The normalized spacial score (nSPS) is 15.0. The first-order chi connectivity index (χ1) is 13.6. The maximum absolute atomic E-state index is 5.84. The summed E-state index contributed by atoms with van der Waals surface area (Å²) in [5.74, 6) is 1.53. The van der Waals surface area contributed by atoms with Gasteiger partial charge in [0, 0.05) is 59.3 Å². The lowest BCUT2D eigenvalue weighted by Crippen LogP contribution is -2.38. The van der Waals surface area contributed by atoms with Crippen LogP contribution in [0.15, 0.2) is 23.2 Å². The molecule has 166 valence electrons. The highest BCUT2D eigenvalue weighted by Gasteiger charge is 2.13. The smallest absolute Gasteiger partial charge is 0.191 e. The number of halogens is 1. The van der Waals surface area contributed by atoms with E-state index in [0.717, 1.165) is 64.7 Å². The first-order valence-electron chi connectivity index (χ1n) is 10.5. The molecule has 1 aromatic carbocycles. The molecule has 0 aliphatic carbocycles. The van der Waals surface area contributed by atoms with E-state index in [9.17, 15) is 0 Å². The minimum atomic E-state index is 0. The van der Waals surface area contributed by atoms with Gasteiger partial charge in [-0.3, -0.25) is 0 Å². The summed E-state index contributed by atoms with van der Waals surface area (Å²) in [5.41, 5.74) is 3.72. The van der Waals surface area contributed by atoms with E-state index in [1.54, 1.807) is 0 Å². The van der Waals surface area contributed by atoms with Crippen LogP contribution >= 0.6 is 24.0 Å². The second-order valence-corrected chi connectivity index (χ2v) is 7.63. The standard InChI is InChI=1S/C22H38N4O2.HI/c1-5-23-22(24-11-6-12-28-17-19-9-13-27-14-10-19)25-16-20-8-7-18(2)15-21(20)26(3)4;/h7-8,15,19H,5-6,9-14,16-17H2,1-4H3,(H2,23,24,25);1H. The maximum atomic E-state index is 5.84. The fourth-order valence-corrected chi connectivity index (χ4v) is 3.27. The lowest BCUT2D eigenvalue weighted by molar-refractivity contribution is 0.0203. The summed E-state index contributed by atoms with van der Waals surface area (Å²) in [4.78, 5) is 6.91. The van der Waals surface area contributed by atoms with Gasteiger partial charge >= 0.3 is 0 Å². The molecule has 0 spiro atoms. The third-order valence-electron chi connectivity index (χ3n) is 4.93. The highest BCUT2D eigenvalue weighted by molar-refractivity contribution is 14.0. The molecule has 1 aliphatic heterocycles. The molecule has 0 bridgehead atoms. The molecule has 1 saturated heterocycles. The monoisotopic (exact) mass is 518 g/mol. The summed E-state index contributed by atoms with van der Waals surface area (Å²) in [7, 11) is 4.15. The van der Waals surface area contributed by atoms with Gasteiger partial charge in [-0.25, -0.2) is 4.99 Å². The van der Waals surface area contributed by atoms with Gasteiger partial charge in [0.1, 0.15) is 0 Å². The van der Waals surface area contributed by atoms with E-state index in [1.807, 2.05) is 0 Å². The van der Waals surface area contributed by atoms with Gasteiger partial charge in [-0.15, -0.1) is 24.0 Å². The highest BCUT2D eigenvalue weighted by atomic mass is 127. The molecule has 1 fully saturated rings. The predicted molar refractivity (Wildman–Crippen MR) is 133 cm³/mol. The Balaban J connectivity index is 0.00000420. The number of nitrogens with one attached hydrogen (secondary N) is 2. The molecule has 2 rings (SSSR count). The second-order valence-electron chi connectivity index (χ2n) is 7.63. The van der Waals surface area contributed by atoms with E-state index >= 15 is 0 Å². The molecule has 0 unspecified atom stereocenters. The molecular formula is C22H39IN4O2. The number of anilines is 1. The summed E-state index contributed by atoms with van der Waals surface area (Å²) < 4.78 is 11.2. The molecule has 0 aromatic heterocycles. The minimum absolute atomic E-state index is 0. The van der Waals surface area contributed by atoms with Crippen molar-refractivity contribution in [2.24, 2.45) is 10.9 Å². The number of rotatable bonds is 10. The van der Waals surface area contributed by atoms with E-state index in [0.29, 0.717) is 12.5 Å². The zero-order valence-electron chi connectivity index (χ0n) is 18.5. The Hall–Kier alpha value is -1.06. The number of nitrogens with zero attached hydrogens (tertiary/aromatic N) is 2. The number of hydrogen-bond acceptors (Lipinski definition) is 4. The van der Waals surface area contributed by atoms with Crippen molar-refractivity contribution < 1.29 is 9.47 Å². The number of aryl methyl sites for hydroxylation is 1. The molecule has 1 aliphatic rings. The molecular weight excluding hydrogens is 479 g/mol. The van der Waals surface area contributed by atoms with E-state index in [-0.39, 0.29) is 24.0 Å². The Bertz CT molecular complexity index is 604. The van der Waals surface area contributed by atoms with Crippen LogP contribution in [-0.4, -0.2) is 59.6 Å². The Morgan fingerprint density at radius 1 is 1.24 bits per heavy atom. The predicted octanol–water partition coefficient (Wildman–Crippen LogP) is 3.57. The van der Waals surface area contributed by atoms with E-state index in [2.05, 4.69) is 61.7 Å². The zero-order valence-corrected chi connectivity index (χ0v) is 20.8. The van der Waals surface area contributed by atoms with Gasteiger partial charge in [-0.1, -0.05) is 12.1 Å². The number of benzene rings is 1. The summed E-state index contributed by atoms with van der Waals surface area (Å²) >= 11 is 0. The van der Waals surface area contributed by atoms with Gasteiger partial charge in [0.15, 0.2) is 5.96 Å². The van der Waals surface area contributed by atoms with Crippen LogP contribution in [0.3, 0.4) is 0 Å². The van der Waals surface area contributed by atoms with Gasteiger partial charge in [-0.2, -0.15) is 0 Å². The number of hydrogen-bond donors (Lipinski definition) is 2. The van der Waals surface area contributed by atoms with Crippen LogP contribution in [0.5, 0.6) is 0 Å². The lowest BCUT2D eigenvalue weighted by Gasteiger charge is -2.21. The van der Waals surface area contributed by atoms with Gasteiger partial charge in [0.05, 0.1) is 6.54 Å². The molecule has 29 heavy (non-hydrogen) atoms. The first-order valence-corrected chi connectivity index (χ1v) is 10.5. The van der Waals surface area contributed by atoms with Gasteiger partial charge in [0.2, 0.25) is 0 Å². The van der Waals surface area contributed by atoms with Crippen molar-refractivity contribution in [1.29, 1.82) is 0 Å². The van der Waals surface area contributed by atoms with Crippen LogP contribution in [-0.2, 0) is 16.0 Å². The van der Waals surface area contributed by atoms with Crippen LogP contribution < -0.4 is 15.5 Å². The van der Waals surface area contributed by atoms with Crippen molar-refractivity contribution in [2.45, 2.75) is 39.7 Å². The maximum Gasteiger partial charge on any atom is 0.191 e. The average molecular weight is 518 g/mol. The molecule has 6 nitrogen and oxygen atoms in total. The van der Waals surface area contributed by atoms with E-state index in [4.69, 9.17) is 14.5 Å². The number of guanidine groups is 1. The summed E-state index contributed by atoms with van der Waals surface area (Å²) in [6.07, 6.45) is 3.23. The zero-order chi connectivity index (χ0) is 20.2. The lowest BCUT2D eigenvalue weighted by atomic mass is 10.0.